The van der Waals surface area contributed by atoms with Gasteiger partial charge in [0, 0.05) is 18.5 Å². The summed E-state index contributed by atoms with van der Waals surface area (Å²) in [4.78, 5) is 11.9. The Kier molecular flexibility index (Phi) is 5.07. The monoisotopic (exact) mass is 295 g/mol. The molecular weight excluding hydrogens is 284 g/mol. The summed E-state index contributed by atoms with van der Waals surface area (Å²) < 4.78 is 5.53. The number of ketones is 1. The number of likely N-dealkylation sites (N-methyl/N-ethyl adjacent to an activating group) is 1. The zero-order valence-electron chi connectivity index (χ0n) is 9.13. The highest BCUT2D eigenvalue weighted by Crippen LogP contribution is 2.33. The molecule has 0 aromatic heterocycles. The summed E-state index contributed by atoms with van der Waals surface area (Å²) in [5.41, 5.74) is 0.507. The molecule has 1 aromatic carbocycles. The molecule has 94 valence electrons. The van der Waals surface area contributed by atoms with Crippen LogP contribution < -0.4 is 10.1 Å². The van der Waals surface area contributed by atoms with Crippen LogP contribution in [0.1, 0.15) is 16.8 Å². The molecule has 2 rings (SSSR count). The number of carbonyl (C=O) groups excluding carboxylic acids is 1. The van der Waals surface area contributed by atoms with Crippen LogP contribution >= 0.6 is 35.6 Å². The van der Waals surface area contributed by atoms with Crippen LogP contribution in [-0.2, 0) is 0 Å². The van der Waals surface area contributed by atoms with Crippen molar-refractivity contribution < 1.29 is 9.53 Å². The van der Waals surface area contributed by atoms with E-state index in [-0.39, 0.29) is 24.2 Å². The zero-order valence-corrected chi connectivity index (χ0v) is 11.5. The van der Waals surface area contributed by atoms with Gasteiger partial charge in [0.1, 0.15) is 12.4 Å². The van der Waals surface area contributed by atoms with Crippen molar-refractivity contribution in [3.63, 3.8) is 0 Å². The van der Waals surface area contributed by atoms with E-state index in [4.69, 9.17) is 27.9 Å². The Morgan fingerprint density at radius 1 is 1.35 bits per heavy atom. The van der Waals surface area contributed by atoms with E-state index in [2.05, 4.69) is 5.32 Å². The fourth-order valence-corrected chi connectivity index (χ4v) is 1.95. The summed E-state index contributed by atoms with van der Waals surface area (Å²) in [5, 5.41) is 3.80. The van der Waals surface area contributed by atoms with Gasteiger partial charge in [0.15, 0.2) is 5.78 Å². The van der Waals surface area contributed by atoms with Gasteiger partial charge in [-0.2, -0.15) is 0 Å². The third-order valence-corrected chi connectivity index (χ3v) is 3.33. The predicted octanol–water partition coefficient (Wildman–Crippen LogP) is 2.97. The fourth-order valence-electron chi connectivity index (χ4n) is 1.63. The van der Waals surface area contributed by atoms with Crippen LogP contribution in [0.4, 0.5) is 0 Å². The molecule has 6 heteroatoms. The molecule has 0 amide bonds. The quantitative estimate of drug-likeness (QED) is 0.866. The summed E-state index contributed by atoms with van der Waals surface area (Å²) >= 11 is 11.8. The van der Waals surface area contributed by atoms with Crippen molar-refractivity contribution in [1.29, 1.82) is 0 Å². The molecule has 1 aromatic rings. The number of halogens is 3. The Morgan fingerprint density at radius 3 is 2.65 bits per heavy atom. The lowest BCUT2D eigenvalue weighted by Crippen LogP contribution is -2.32. The summed E-state index contributed by atoms with van der Waals surface area (Å²) in [6, 6.07) is 3.19. The molecular formula is C11H12Cl3NO2. The molecule has 1 aliphatic rings. The lowest BCUT2D eigenvalue weighted by molar-refractivity contribution is 0.0972. The van der Waals surface area contributed by atoms with Gasteiger partial charge in [-0.25, -0.2) is 0 Å². The van der Waals surface area contributed by atoms with Gasteiger partial charge < -0.3 is 10.1 Å². The van der Waals surface area contributed by atoms with Crippen molar-refractivity contribution >= 4 is 41.4 Å². The highest BCUT2D eigenvalue weighted by Gasteiger charge is 2.23. The Balaban J connectivity index is 0.00000144. The number of rotatable bonds is 1. The molecule has 3 nitrogen and oxygen atoms in total. The van der Waals surface area contributed by atoms with E-state index in [1.807, 2.05) is 0 Å². The highest BCUT2D eigenvalue weighted by molar-refractivity contribution is 6.42. The molecule has 1 unspecified atom stereocenters. The van der Waals surface area contributed by atoms with E-state index in [0.29, 0.717) is 34.4 Å². The van der Waals surface area contributed by atoms with E-state index in [1.54, 1.807) is 19.2 Å². The van der Waals surface area contributed by atoms with Crippen molar-refractivity contribution in [3.8, 4) is 5.75 Å². The van der Waals surface area contributed by atoms with E-state index >= 15 is 0 Å². The van der Waals surface area contributed by atoms with E-state index in [9.17, 15) is 4.79 Å². The molecule has 1 N–H and O–H groups in total. The number of nitrogens with one attached hydrogen (secondary N) is 1. The minimum atomic E-state index is 0. The predicted molar refractivity (Wildman–Crippen MR) is 71.0 cm³/mol. The van der Waals surface area contributed by atoms with Crippen LogP contribution in [0, 0.1) is 0 Å². The SMILES string of the molecule is CNC1COc2cc(Cl)c(Cl)cc2C(=O)C1.Cl. The molecule has 0 bridgehead atoms. The Hall–Kier alpha value is -0.480. The Bertz CT molecular complexity index is 437. The van der Waals surface area contributed by atoms with Crippen molar-refractivity contribution in [1.82, 2.24) is 5.32 Å². The Labute approximate surface area is 116 Å². The first-order valence-electron chi connectivity index (χ1n) is 4.94. The second-order valence-electron chi connectivity index (χ2n) is 3.69. The third kappa shape index (κ3) is 3.05. The third-order valence-electron chi connectivity index (χ3n) is 2.60. The lowest BCUT2D eigenvalue weighted by atomic mass is 10.0. The van der Waals surface area contributed by atoms with Crippen LogP contribution in [0.15, 0.2) is 12.1 Å². The fraction of sp³-hybridized carbons (Fsp3) is 0.364. The maximum absolute atomic E-state index is 11.9. The molecule has 1 atom stereocenters. The summed E-state index contributed by atoms with van der Waals surface area (Å²) in [7, 11) is 1.80. The topological polar surface area (TPSA) is 38.3 Å². The van der Waals surface area contributed by atoms with Crippen LogP contribution in [-0.4, -0.2) is 25.5 Å². The van der Waals surface area contributed by atoms with Crippen molar-refractivity contribution in [2.45, 2.75) is 12.5 Å². The lowest BCUT2D eigenvalue weighted by Gasteiger charge is -2.11. The van der Waals surface area contributed by atoms with Crippen LogP contribution in [0.3, 0.4) is 0 Å². The molecule has 0 fully saturated rings. The van der Waals surface area contributed by atoms with Crippen LogP contribution in [0.5, 0.6) is 5.75 Å². The normalized spacial score (nSPS) is 18.8. The number of hydrogen-bond donors (Lipinski definition) is 1. The molecule has 1 heterocycles. The van der Waals surface area contributed by atoms with Gasteiger partial charge in [0.2, 0.25) is 0 Å². The summed E-state index contributed by atoms with van der Waals surface area (Å²) in [6.45, 7) is 0.452. The standard InChI is InChI=1S/C11H11Cl2NO2.ClH/c1-14-6-2-10(15)7-3-8(12)9(13)4-11(7)16-5-6;/h3-4,6,14H,2,5H2,1H3;1H. The molecule has 0 saturated heterocycles. The minimum absolute atomic E-state index is 0. The van der Waals surface area contributed by atoms with Gasteiger partial charge in [-0.1, -0.05) is 23.2 Å². The number of benzene rings is 1. The maximum Gasteiger partial charge on any atom is 0.168 e. The number of carbonyl (C=O) groups is 1. The largest absolute Gasteiger partial charge is 0.491 e. The number of hydrogen-bond acceptors (Lipinski definition) is 3. The Morgan fingerprint density at radius 2 is 2.00 bits per heavy atom. The van der Waals surface area contributed by atoms with E-state index < -0.39 is 0 Å². The van der Waals surface area contributed by atoms with Gasteiger partial charge in [0.25, 0.3) is 0 Å². The molecule has 0 aliphatic carbocycles. The van der Waals surface area contributed by atoms with E-state index in [0.717, 1.165) is 0 Å². The van der Waals surface area contributed by atoms with Gasteiger partial charge in [-0.05, 0) is 13.1 Å². The van der Waals surface area contributed by atoms with Gasteiger partial charge in [0.05, 0.1) is 15.6 Å². The van der Waals surface area contributed by atoms with Crippen molar-refractivity contribution in [2.24, 2.45) is 0 Å². The first-order valence-corrected chi connectivity index (χ1v) is 5.69. The molecule has 1 aliphatic heterocycles. The second-order valence-corrected chi connectivity index (χ2v) is 4.50. The van der Waals surface area contributed by atoms with Gasteiger partial charge in [-0.15, -0.1) is 12.4 Å². The zero-order chi connectivity index (χ0) is 11.7. The molecule has 0 saturated carbocycles. The first kappa shape index (κ1) is 14.6. The second kappa shape index (κ2) is 5.91. The molecule has 17 heavy (non-hydrogen) atoms. The average Bonchev–Trinajstić information content (AvgIpc) is 2.41. The van der Waals surface area contributed by atoms with Crippen molar-refractivity contribution in [3.05, 3.63) is 27.7 Å². The smallest absolute Gasteiger partial charge is 0.168 e. The minimum Gasteiger partial charge on any atom is -0.491 e. The number of Topliss-reactive ketones (excluding diaryl/α,β-unsaturated/α-hetero) is 1. The van der Waals surface area contributed by atoms with Gasteiger partial charge >= 0.3 is 0 Å². The first-order chi connectivity index (χ1) is 7.61. The van der Waals surface area contributed by atoms with Crippen LogP contribution in [0.2, 0.25) is 10.0 Å². The maximum atomic E-state index is 11.9. The molecule has 0 radical (unpaired) electrons. The number of fused-ring (bicyclic) bond motifs is 1. The summed E-state index contributed by atoms with van der Waals surface area (Å²) in [5.74, 6) is 0.530. The van der Waals surface area contributed by atoms with E-state index in [1.165, 1.54) is 0 Å². The van der Waals surface area contributed by atoms with Crippen molar-refractivity contribution in [2.75, 3.05) is 13.7 Å². The van der Waals surface area contributed by atoms with Gasteiger partial charge in [-0.3, -0.25) is 4.79 Å². The molecule has 0 spiro atoms. The summed E-state index contributed by atoms with van der Waals surface area (Å²) in [6.07, 6.45) is 0.404. The highest BCUT2D eigenvalue weighted by atomic mass is 35.5. The number of ether oxygens (including phenoxy) is 1. The average molecular weight is 297 g/mol. The van der Waals surface area contributed by atoms with Crippen LogP contribution in [0.25, 0.3) is 0 Å².